The van der Waals surface area contributed by atoms with Gasteiger partial charge in [-0.05, 0) is 0 Å². The molecule has 0 spiro atoms. The van der Waals surface area contributed by atoms with Crippen LogP contribution in [0.1, 0.15) is 128 Å². The van der Waals surface area contributed by atoms with Crippen molar-refractivity contribution in [1.82, 2.24) is 0 Å². The Labute approximate surface area is 200 Å². The SMILES string of the molecule is CCCCCCCCCCOCCc1c[se]cc1CCOCCCCCCCCCC. The third kappa shape index (κ3) is 18.1. The summed E-state index contributed by atoms with van der Waals surface area (Å²) in [6.07, 6.45) is 24.0. The smallest absolute Gasteiger partial charge is 0.0654 e. The molecule has 0 unspecified atom stereocenters. The first-order valence-electron chi connectivity index (χ1n) is 13.6. The van der Waals surface area contributed by atoms with Gasteiger partial charge < -0.3 is 0 Å². The number of hydrogen-bond acceptors (Lipinski definition) is 2. The predicted octanol–water partition coefficient (Wildman–Crippen LogP) is 8.14. The van der Waals surface area contributed by atoms with Crippen LogP contribution in [0.15, 0.2) is 9.88 Å². The van der Waals surface area contributed by atoms with Crippen LogP contribution in [0.5, 0.6) is 0 Å². The topological polar surface area (TPSA) is 18.5 Å². The molecule has 0 fully saturated rings. The first-order valence-corrected chi connectivity index (χ1v) is 15.6. The summed E-state index contributed by atoms with van der Waals surface area (Å²) >= 11 is 0.556. The second kappa shape index (κ2) is 23.1. The summed E-state index contributed by atoms with van der Waals surface area (Å²) in [6, 6.07) is 0. The van der Waals surface area contributed by atoms with Gasteiger partial charge in [-0.25, -0.2) is 0 Å². The fourth-order valence-corrected chi connectivity index (χ4v) is 5.99. The molecule has 1 aromatic heterocycles. The van der Waals surface area contributed by atoms with E-state index in [1.165, 1.54) is 114 Å². The molecule has 2 nitrogen and oxygen atoms in total. The Kier molecular flexibility index (Phi) is 21.6. The Morgan fingerprint density at radius 3 is 1.23 bits per heavy atom. The molecule has 0 aliphatic carbocycles. The van der Waals surface area contributed by atoms with E-state index in [0.717, 1.165) is 39.3 Å². The molecule has 0 saturated heterocycles. The molecule has 1 aromatic rings. The van der Waals surface area contributed by atoms with Crippen molar-refractivity contribution < 1.29 is 9.47 Å². The van der Waals surface area contributed by atoms with Gasteiger partial charge in [0.1, 0.15) is 0 Å². The third-order valence-corrected chi connectivity index (χ3v) is 7.91. The average molecular weight is 500 g/mol. The van der Waals surface area contributed by atoms with Crippen molar-refractivity contribution in [2.45, 2.75) is 129 Å². The summed E-state index contributed by atoms with van der Waals surface area (Å²) in [7, 11) is 0. The number of unbranched alkanes of at least 4 members (excludes halogenated alkanes) is 14. The van der Waals surface area contributed by atoms with Gasteiger partial charge in [-0.2, -0.15) is 0 Å². The van der Waals surface area contributed by atoms with Crippen LogP contribution in [0.2, 0.25) is 0 Å². The average Bonchev–Trinajstić information content (AvgIpc) is 3.23. The van der Waals surface area contributed by atoms with E-state index in [9.17, 15) is 0 Å². The third-order valence-electron chi connectivity index (χ3n) is 6.15. The van der Waals surface area contributed by atoms with Gasteiger partial charge in [-0.15, -0.1) is 0 Å². The zero-order chi connectivity index (χ0) is 22.2. The van der Waals surface area contributed by atoms with Crippen molar-refractivity contribution in [2.24, 2.45) is 0 Å². The molecular weight excluding hydrogens is 447 g/mol. The summed E-state index contributed by atoms with van der Waals surface area (Å²) in [5.74, 6) is 0. The minimum atomic E-state index is 0.556. The maximum absolute atomic E-state index is 5.91. The van der Waals surface area contributed by atoms with Crippen LogP contribution in [0.3, 0.4) is 0 Å². The minimum absolute atomic E-state index is 0.556. The molecule has 1 rings (SSSR count). The Bertz CT molecular complexity index is 431. The van der Waals surface area contributed by atoms with Gasteiger partial charge in [-0.3, -0.25) is 0 Å². The van der Waals surface area contributed by atoms with Crippen molar-refractivity contribution in [3.8, 4) is 0 Å². The van der Waals surface area contributed by atoms with Crippen molar-refractivity contribution in [3.05, 3.63) is 21.0 Å². The van der Waals surface area contributed by atoms with E-state index < -0.39 is 0 Å². The van der Waals surface area contributed by atoms with Gasteiger partial charge in [-0.1, -0.05) is 39.5 Å². The number of ether oxygens (including phenoxy) is 2. The van der Waals surface area contributed by atoms with E-state index >= 15 is 0 Å². The molecule has 0 radical (unpaired) electrons. The summed E-state index contributed by atoms with van der Waals surface area (Å²) in [5, 5.41) is 0. The molecule has 0 N–H and O–H groups in total. The fourth-order valence-electron chi connectivity index (χ4n) is 4.03. The van der Waals surface area contributed by atoms with E-state index in [4.69, 9.17) is 9.47 Å². The van der Waals surface area contributed by atoms with Crippen LogP contribution in [0.25, 0.3) is 0 Å². The molecule has 0 bridgehead atoms. The normalized spacial score (nSPS) is 11.4. The monoisotopic (exact) mass is 500 g/mol. The molecule has 0 amide bonds. The zero-order valence-corrected chi connectivity index (χ0v) is 22.6. The van der Waals surface area contributed by atoms with Gasteiger partial charge in [0.05, 0.1) is 0 Å². The van der Waals surface area contributed by atoms with Crippen LogP contribution >= 0.6 is 0 Å². The molecule has 3 heteroatoms. The summed E-state index contributed by atoms with van der Waals surface area (Å²) in [5.41, 5.74) is 3.07. The minimum Gasteiger partial charge on any atom is -0.0654 e. The van der Waals surface area contributed by atoms with Crippen molar-refractivity contribution in [1.29, 1.82) is 0 Å². The maximum atomic E-state index is 5.91. The molecule has 0 atom stereocenters. The first kappa shape index (κ1) is 29.0. The molecule has 182 valence electrons. The Balaban J connectivity index is 1.91. The van der Waals surface area contributed by atoms with Crippen LogP contribution in [-0.4, -0.2) is 40.9 Å². The van der Waals surface area contributed by atoms with E-state index in [-0.39, 0.29) is 0 Å². The standard InChI is InChI=1S/C28H52O2Se/c1-3-5-7-9-11-13-15-17-21-29-23-19-27-25-31-26-28(27)20-24-30-22-18-16-14-12-10-8-6-4-2/h25-26H,3-24H2,1-2H3. The quantitative estimate of drug-likeness (QED) is 0.106. The van der Waals surface area contributed by atoms with E-state index in [1.807, 2.05) is 0 Å². The summed E-state index contributed by atoms with van der Waals surface area (Å²) in [6.45, 7) is 8.21. The Morgan fingerprint density at radius 2 is 0.839 bits per heavy atom. The van der Waals surface area contributed by atoms with E-state index in [1.54, 1.807) is 0 Å². The molecule has 0 aromatic carbocycles. The van der Waals surface area contributed by atoms with Crippen LogP contribution in [0, 0.1) is 0 Å². The Hall–Kier alpha value is -0.0805. The van der Waals surface area contributed by atoms with Crippen molar-refractivity contribution in [2.75, 3.05) is 26.4 Å². The van der Waals surface area contributed by atoms with Crippen molar-refractivity contribution in [3.63, 3.8) is 0 Å². The van der Waals surface area contributed by atoms with Gasteiger partial charge in [0, 0.05) is 0 Å². The molecule has 0 aliphatic rings. The molecule has 0 saturated carbocycles. The Morgan fingerprint density at radius 1 is 0.484 bits per heavy atom. The van der Waals surface area contributed by atoms with Gasteiger partial charge in [0.2, 0.25) is 0 Å². The van der Waals surface area contributed by atoms with Gasteiger partial charge in [0.15, 0.2) is 0 Å². The molecule has 0 aliphatic heterocycles. The second-order valence-electron chi connectivity index (χ2n) is 9.10. The molecule has 1 heterocycles. The van der Waals surface area contributed by atoms with Crippen LogP contribution < -0.4 is 0 Å². The summed E-state index contributed by atoms with van der Waals surface area (Å²) < 4.78 is 11.8. The van der Waals surface area contributed by atoms with Gasteiger partial charge in [0.25, 0.3) is 0 Å². The second-order valence-corrected chi connectivity index (χ2v) is 10.7. The van der Waals surface area contributed by atoms with E-state index in [2.05, 4.69) is 23.7 Å². The molecular formula is C28H52O2Se. The predicted molar refractivity (Wildman–Crippen MR) is 138 cm³/mol. The summed E-state index contributed by atoms with van der Waals surface area (Å²) in [4.78, 5) is 4.89. The zero-order valence-electron chi connectivity index (χ0n) is 20.9. The van der Waals surface area contributed by atoms with E-state index in [0.29, 0.717) is 14.5 Å². The number of rotatable bonds is 24. The fraction of sp³-hybridized carbons (Fsp3) is 0.857. The van der Waals surface area contributed by atoms with Gasteiger partial charge >= 0.3 is 161 Å². The van der Waals surface area contributed by atoms with Crippen LogP contribution in [0.4, 0.5) is 0 Å². The molecule has 31 heavy (non-hydrogen) atoms. The first-order chi connectivity index (χ1) is 15.4. The number of hydrogen-bond donors (Lipinski definition) is 0. The van der Waals surface area contributed by atoms with Crippen LogP contribution in [-0.2, 0) is 22.3 Å². The van der Waals surface area contributed by atoms with Crippen molar-refractivity contribution >= 4 is 14.5 Å².